The second-order valence-corrected chi connectivity index (χ2v) is 8.28. The van der Waals surface area contributed by atoms with Crippen molar-refractivity contribution in [1.29, 1.82) is 0 Å². The van der Waals surface area contributed by atoms with Crippen LogP contribution in [0.15, 0.2) is 0 Å². The predicted molar refractivity (Wildman–Crippen MR) is 76.1 cm³/mol. The second kappa shape index (κ2) is 6.70. The van der Waals surface area contributed by atoms with Crippen LogP contribution in [0, 0.1) is 5.41 Å². The number of carbonyl (C=O) groups is 2. The summed E-state index contributed by atoms with van der Waals surface area (Å²) >= 11 is 0. The van der Waals surface area contributed by atoms with Gasteiger partial charge in [0.05, 0.1) is 17.6 Å². The number of ether oxygens (including phenoxy) is 1. The van der Waals surface area contributed by atoms with Gasteiger partial charge in [-0.2, -0.15) is 0 Å². The number of rotatable bonds is 6. The summed E-state index contributed by atoms with van der Waals surface area (Å²) in [6.07, 6.45) is 2.30. The molecule has 0 spiro atoms. The molecular formula is C14H24O5S. The standard InChI is InChI=1S/C14H24O5S/c1-4-19-13(16)14(8-6-5-7-12(14)15)9-10-20(17,18)11(2)3/h11H,4-10H2,1-3H3. The lowest BCUT2D eigenvalue weighted by atomic mass is 9.71. The summed E-state index contributed by atoms with van der Waals surface area (Å²) in [5, 5.41) is -0.500. The summed E-state index contributed by atoms with van der Waals surface area (Å²) in [5.74, 6) is -0.861. The Kier molecular flexibility index (Phi) is 5.74. The van der Waals surface area contributed by atoms with Gasteiger partial charge in [-0.25, -0.2) is 8.42 Å². The van der Waals surface area contributed by atoms with Crippen LogP contribution in [-0.2, 0) is 24.2 Å². The van der Waals surface area contributed by atoms with Gasteiger partial charge in [0.25, 0.3) is 0 Å². The molecule has 1 unspecified atom stereocenters. The first-order chi connectivity index (χ1) is 9.26. The van der Waals surface area contributed by atoms with Crippen LogP contribution in [0.4, 0.5) is 0 Å². The molecule has 0 amide bonds. The highest BCUT2D eigenvalue weighted by Gasteiger charge is 2.48. The van der Waals surface area contributed by atoms with Gasteiger partial charge >= 0.3 is 5.97 Å². The SMILES string of the molecule is CCOC(=O)C1(CCS(=O)(=O)C(C)C)CCCCC1=O. The van der Waals surface area contributed by atoms with Gasteiger partial charge in [0.15, 0.2) is 9.84 Å². The fourth-order valence-corrected chi connectivity index (χ4v) is 3.60. The van der Waals surface area contributed by atoms with E-state index in [2.05, 4.69) is 0 Å². The minimum atomic E-state index is -3.27. The lowest BCUT2D eigenvalue weighted by molar-refractivity contribution is -0.162. The monoisotopic (exact) mass is 304 g/mol. The van der Waals surface area contributed by atoms with Gasteiger partial charge in [-0.3, -0.25) is 9.59 Å². The van der Waals surface area contributed by atoms with Crippen LogP contribution in [0.5, 0.6) is 0 Å². The Morgan fingerprint density at radius 3 is 2.50 bits per heavy atom. The molecule has 0 saturated heterocycles. The van der Waals surface area contributed by atoms with E-state index in [-0.39, 0.29) is 24.6 Å². The Morgan fingerprint density at radius 1 is 1.35 bits per heavy atom. The van der Waals surface area contributed by atoms with Crippen molar-refractivity contribution in [1.82, 2.24) is 0 Å². The van der Waals surface area contributed by atoms with Crippen molar-refractivity contribution in [2.45, 2.75) is 58.1 Å². The van der Waals surface area contributed by atoms with Crippen LogP contribution in [-0.4, -0.2) is 37.8 Å². The molecule has 0 aromatic rings. The van der Waals surface area contributed by atoms with E-state index < -0.39 is 26.5 Å². The van der Waals surface area contributed by atoms with Crippen LogP contribution < -0.4 is 0 Å². The van der Waals surface area contributed by atoms with Crippen LogP contribution in [0.2, 0.25) is 0 Å². The summed E-state index contributed by atoms with van der Waals surface area (Å²) in [4.78, 5) is 24.4. The summed E-state index contributed by atoms with van der Waals surface area (Å²) < 4.78 is 28.9. The van der Waals surface area contributed by atoms with Gasteiger partial charge in [0.1, 0.15) is 11.2 Å². The zero-order chi connectivity index (χ0) is 15.4. The van der Waals surface area contributed by atoms with E-state index in [0.29, 0.717) is 12.8 Å². The first kappa shape index (κ1) is 17.1. The maximum atomic E-state index is 12.2. The van der Waals surface area contributed by atoms with Crippen molar-refractivity contribution in [3.05, 3.63) is 0 Å². The van der Waals surface area contributed by atoms with Gasteiger partial charge in [-0.05, 0) is 40.0 Å². The zero-order valence-electron chi connectivity index (χ0n) is 12.5. The lowest BCUT2D eigenvalue weighted by Gasteiger charge is -2.33. The normalized spacial score (nSPS) is 23.9. The molecule has 116 valence electrons. The number of ketones is 1. The fraction of sp³-hybridized carbons (Fsp3) is 0.857. The van der Waals surface area contributed by atoms with Crippen molar-refractivity contribution in [2.75, 3.05) is 12.4 Å². The molecule has 20 heavy (non-hydrogen) atoms. The number of esters is 1. The number of carbonyl (C=O) groups excluding carboxylic acids is 2. The molecule has 1 aliphatic rings. The lowest BCUT2D eigenvalue weighted by Crippen LogP contribution is -2.44. The van der Waals surface area contributed by atoms with Gasteiger partial charge < -0.3 is 4.74 Å². The maximum Gasteiger partial charge on any atom is 0.319 e. The van der Waals surface area contributed by atoms with Crippen LogP contribution in [0.25, 0.3) is 0 Å². The Bertz CT molecular complexity index is 466. The zero-order valence-corrected chi connectivity index (χ0v) is 13.3. The molecule has 0 bridgehead atoms. The third-order valence-electron chi connectivity index (χ3n) is 3.99. The summed E-state index contributed by atoms with van der Waals surface area (Å²) in [6.45, 7) is 5.10. The number of hydrogen-bond acceptors (Lipinski definition) is 5. The van der Waals surface area contributed by atoms with E-state index >= 15 is 0 Å². The Morgan fingerprint density at radius 2 is 2.00 bits per heavy atom. The molecule has 5 nitrogen and oxygen atoms in total. The van der Waals surface area contributed by atoms with E-state index in [1.807, 2.05) is 0 Å². The minimum Gasteiger partial charge on any atom is -0.465 e. The van der Waals surface area contributed by atoms with E-state index in [0.717, 1.165) is 12.8 Å². The Labute approximate surface area is 121 Å². The van der Waals surface area contributed by atoms with Crippen molar-refractivity contribution in [3.8, 4) is 0 Å². The van der Waals surface area contributed by atoms with Crippen LogP contribution >= 0.6 is 0 Å². The quantitative estimate of drug-likeness (QED) is 0.553. The molecule has 1 aliphatic carbocycles. The number of Topliss-reactive ketones (excluding diaryl/α,β-unsaturated/α-hetero) is 1. The van der Waals surface area contributed by atoms with Crippen LogP contribution in [0.3, 0.4) is 0 Å². The largest absolute Gasteiger partial charge is 0.465 e. The molecule has 6 heteroatoms. The van der Waals surface area contributed by atoms with Crippen molar-refractivity contribution in [3.63, 3.8) is 0 Å². The molecule has 0 aromatic carbocycles. The number of sulfone groups is 1. The minimum absolute atomic E-state index is 0.0468. The van der Waals surface area contributed by atoms with E-state index in [1.165, 1.54) is 0 Å². The highest BCUT2D eigenvalue weighted by atomic mass is 32.2. The molecular weight excluding hydrogens is 280 g/mol. The molecule has 0 radical (unpaired) electrons. The van der Waals surface area contributed by atoms with E-state index in [4.69, 9.17) is 4.74 Å². The van der Waals surface area contributed by atoms with Crippen molar-refractivity contribution >= 4 is 21.6 Å². The molecule has 0 aliphatic heterocycles. The molecule has 1 fully saturated rings. The molecule has 1 rings (SSSR count). The molecule has 0 aromatic heterocycles. The molecule has 1 atom stereocenters. The maximum absolute atomic E-state index is 12.2. The highest BCUT2D eigenvalue weighted by Crippen LogP contribution is 2.38. The van der Waals surface area contributed by atoms with E-state index in [1.54, 1.807) is 20.8 Å². The summed E-state index contributed by atoms with van der Waals surface area (Å²) in [7, 11) is -3.27. The van der Waals surface area contributed by atoms with Gasteiger partial charge in [-0.15, -0.1) is 0 Å². The summed E-state index contributed by atoms with van der Waals surface area (Å²) in [6, 6.07) is 0. The molecule has 1 saturated carbocycles. The number of hydrogen-bond donors (Lipinski definition) is 0. The summed E-state index contributed by atoms with van der Waals surface area (Å²) in [5.41, 5.74) is -1.24. The first-order valence-electron chi connectivity index (χ1n) is 7.18. The Hall–Kier alpha value is -0.910. The van der Waals surface area contributed by atoms with Crippen molar-refractivity contribution in [2.24, 2.45) is 5.41 Å². The van der Waals surface area contributed by atoms with Gasteiger partial charge in [-0.1, -0.05) is 6.42 Å². The second-order valence-electron chi connectivity index (χ2n) is 5.60. The van der Waals surface area contributed by atoms with Crippen molar-refractivity contribution < 1.29 is 22.7 Å². The third-order valence-corrected chi connectivity index (χ3v) is 6.20. The Balaban J connectivity index is 2.95. The molecule has 0 heterocycles. The van der Waals surface area contributed by atoms with Crippen LogP contribution in [0.1, 0.15) is 52.9 Å². The topological polar surface area (TPSA) is 77.5 Å². The first-order valence-corrected chi connectivity index (χ1v) is 8.90. The highest BCUT2D eigenvalue weighted by molar-refractivity contribution is 7.91. The smallest absolute Gasteiger partial charge is 0.319 e. The average Bonchev–Trinajstić information content (AvgIpc) is 2.38. The fourth-order valence-electron chi connectivity index (χ4n) is 2.49. The average molecular weight is 304 g/mol. The van der Waals surface area contributed by atoms with Gasteiger partial charge in [0.2, 0.25) is 0 Å². The third kappa shape index (κ3) is 3.59. The molecule has 0 N–H and O–H groups in total. The predicted octanol–water partition coefficient (Wildman–Crippen LogP) is 1.89. The van der Waals surface area contributed by atoms with E-state index in [9.17, 15) is 18.0 Å². The van der Waals surface area contributed by atoms with Gasteiger partial charge in [0, 0.05) is 6.42 Å².